The quantitative estimate of drug-likeness (QED) is 0.465. The molecular weight excluding hydrogens is 277 g/mol. The van der Waals surface area contributed by atoms with E-state index in [4.69, 9.17) is 25.5 Å². The first-order valence-corrected chi connectivity index (χ1v) is 6.84. The predicted molar refractivity (Wildman–Crippen MR) is 66.1 cm³/mol. The average molecular weight is 291 g/mol. The van der Waals surface area contributed by atoms with Gasteiger partial charge in [0.2, 0.25) is 0 Å². The number of nitrogens with two attached hydrogens (primary N) is 1. The van der Waals surface area contributed by atoms with Crippen LogP contribution in [0.2, 0.25) is 0 Å². The molecule has 1 atom stereocenters. The molecule has 10 heteroatoms. The Hall–Kier alpha value is -1.67. The summed E-state index contributed by atoms with van der Waals surface area (Å²) >= 11 is 0. The molecule has 0 bridgehead atoms. The molecule has 0 fully saturated rings. The molecule has 9 nitrogen and oxygen atoms in total. The Kier molecular flexibility index (Phi) is 5.25. The third-order valence-corrected chi connectivity index (χ3v) is 2.57. The molecule has 0 saturated heterocycles. The highest BCUT2D eigenvalue weighted by Gasteiger charge is 2.11. The zero-order chi connectivity index (χ0) is 14.5. The maximum Gasteiger partial charge on any atom is 0.382 e. The van der Waals surface area contributed by atoms with Crippen molar-refractivity contribution in [2.45, 2.75) is 0 Å². The van der Waals surface area contributed by atoms with E-state index in [1.54, 1.807) is 0 Å². The second-order valence-corrected chi connectivity index (χ2v) is 5.11. The van der Waals surface area contributed by atoms with Crippen LogP contribution in [0.25, 0.3) is 0 Å². The van der Waals surface area contributed by atoms with E-state index in [1.807, 2.05) is 0 Å². The molecule has 0 radical (unpaired) electrons. The summed E-state index contributed by atoms with van der Waals surface area (Å²) in [5.74, 6) is 0.0448. The topological polar surface area (TPSA) is 148 Å². The van der Waals surface area contributed by atoms with Crippen molar-refractivity contribution in [3.05, 3.63) is 34.6 Å². The highest BCUT2D eigenvalue weighted by molar-refractivity contribution is 7.55. The number of nitrogen functional groups attached to an aromatic ring is 1. The van der Waals surface area contributed by atoms with Gasteiger partial charge in [-0.25, -0.2) is 4.79 Å². The first-order valence-electron chi connectivity index (χ1n) is 5.16. The van der Waals surface area contributed by atoms with Crippen LogP contribution in [0.5, 0.6) is 0 Å². The maximum atomic E-state index is 11.3. The Balaban J connectivity index is 2.66. The summed E-state index contributed by atoms with van der Waals surface area (Å²) in [6, 6.07) is 1.35. The lowest BCUT2D eigenvalue weighted by molar-refractivity contribution is 0.0646. The SMILES string of the molecule is Nc1ccn(OCC(C=CP(=O)(O)O)CO)c(=O)n1. The summed E-state index contributed by atoms with van der Waals surface area (Å²) in [4.78, 5) is 37.0. The number of rotatable bonds is 6. The van der Waals surface area contributed by atoms with Gasteiger partial charge in [-0.15, -0.1) is 4.73 Å². The van der Waals surface area contributed by atoms with E-state index < -0.39 is 25.8 Å². The molecule has 5 N–H and O–H groups in total. The smallest absolute Gasteiger partial charge is 0.382 e. The van der Waals surface area contributed by atoms with Crippen LogP contribution in [-0.4, -0.2) is 37.8 Å². The van der Waals surface area contributed by atoms with Gasteiger partial charge < -0.3 is 25.5 Å². The molecule has 0 aliphatic carbocycles. The number of aliphatic hydroxyl groups excluding tert-OH is 1. The van der Waals surface area contributed by atoms with Crippen LogP contribution >= 0.6 is 7.60 Å². The molecular formula is C9H14N3O6P. The number of hydrogen-bond acceptors (Lipinski definition) is 6. The van der Waals surface area contributed by atoms with Crippen molar-refractivity contribution < 1.29 is 24.3 Å². The van der Waals surface area contributed by atoms with E-state index in [-0.39, 0.29) is 12.4 Å². The number of aromatic nitrogens is 2. The molecule has 0 aliphatic heterocycles. The molecule has 0 saturated carbocycles. The van der Waals surface area contributed by atoms with Crippen molar-refractivity contribution in [2.75, 3.05) is 18.9 Å². The first-order chi connectivity index (χ1) is 8.81. The van der Waals surface area contributed by atoms with Crippen molar-refractivity contribution >= 4 is 13.4 Å². The van der Waals surface area contributed by atoms with Gasteiger partial charge in [-0.3, -0.25) is 4.57 Å². The van der Waals surface area contributed by atoms with Crippen molar-refractivity contribution in [1.29, 1.82) is 0 Å². The first kappa shape index (κ1) is 15.4. The minimum atomic E-state index is -4.29. The largest absolute Gasteiger partial charge is 0.409 e. The van der Waals surface area contributed by atoms with Crippen LogP contribution in [0.3, 0.4) is 0 Å². The van der Waals surface area contributed by atoms with Crippen molar-refractivity contribution in [3.8, 4) is 0 Å². The molecule has 0 spiro atoms. The van der Waals surface area contributed by atoms with E-state index in [1.165, 1.54) is 12.3 Å². The highest BCUT2D eigenvalue weighted by atomic mass is 31.2. The van der Waals surface area contributed by atoms with Gasteiger partial charge in [-0.1, -0.05) is 6.08 Å². The normalized spacial score (nSPS) is 13.6. The zero-order valence-electron chi connectivity index (χ0n) is 9.79. The Morgan fingerprint density at radius 3 is 2.79 bits per heavy atom. The second-order valence-electron chi connectivity index (χ2n) is 3.63. The minimum Gasteiger partial charge on any atom is -0.409 e. The fraction of sp³-hybridized carbons (Fsp3) is 0.333. The fourth-order valence-electron chi connectivity index (χ4n) is 1.08. The van der Waals surface area contributed by atoms with Gasteiger partial charge in [0, 0.05) is 17.8 Å². The Labute approximate surface area is 108 Å². The van der Waals surface area contributed by atoms with E-state index in [2.05, 4.69) is 4.98 Å². The van der Waals surface area contributed by atoms with E-state index in [0.717, 1.165) is 10.8 Å². The third kappa shape index (κ3) is 5.66. The summed E-state index contributed by atoms with van der Waals surface area (Å²) in [5, 5.41) is 9.01. The second kappa shape index (κ2) is 6.48. The highest BCUT2D eigenvalue weighted by Crippen LogP contribution is 2.36. The fourth-order valence-corrected chi connectivity index (χ4v) is 1.55. The molecule has 0 aromatic carbocycles. The Morgan fingerprint density at radius 1 is 1.58 bits per heavy atom. The Bertz CT molecular complexity index is 551. The van der Waals surface area contributed by atoms with Gasteiger partial charge in [-0.2, -0.15) is 4.98 Å². The molecule has 0 amide bonds. The third-order valence-electron chi connectivity index (χ3n) is 2.01. The standard InChI is InChI=1S/C9H14N3O6P/c10-8-1-3-12(9(14)11-8)18-6-7(5-13)2-4-19(15,16)17/h1-4,7,13H,5-6H2,(H2,10,11,14)(H2,15,16,17). The van der Waals surface area contributed by atoms with Crippen molar-refractivity contribution in [1.82, 2.24) is 9.71 Å². The number of hydrogen-bond donors (Lipinski definition) is 4. The van der Waals surface area contributed by atoms with Crippen molar-refractivity contribution in [2.24, 2.45) is 5.92 Å². The lowest BCUT2D eigenvalue weighted by Gasteiger charge is -2.12. The molecule has 1 rings (SSSR count). The molecule has 1 heterocycles. The van der Waals surface area contributed by atoms with Gasteiger partial charge in [0.1, 0.15) is 12.4 Å². The van der Waals surface area contributed by atoms with Gasteiger partial charge in [0.15, 0.2) is 0 Å². The number of anilines is 1. The van der Waals surface area contributed by atoms with Gasteiger partial charge in [0.25, 0.3) is 0 Å². The molecule has 19 heavy (non-hydrogen) atoms. The van der Waals surface area contributed by atoms with Gasteiger partial charge in [-0.05, 0) is 0 Å². The minimum absolute atomic E-state index is 0.0463. The monoisotopic (exact) mass is 291 g/mol. The van der Waals surface area contributed by atoms with E-state index in [9.17, 15) is 9.36 Å². The van der Waals surface area contributed by atoms with E-state index >= 15 is 0 Å². The van der Waals surface area contributed by atoms with Crippen molar-refractivity contribution in [3.63, 3.8) is 0 Å². The predicted octanol–water partition coefficient (Wildman–Crippen LogP) is -1.45. The summed E-state index contributed by atoms with van der Waals surface area (Å²) in [6.45, 7) is -0.549. The van der Waals surface area contributed by atoms with Crippen LogP contribution in [0.15, 0.2) is 29.0 Å². The Morgan fingerprint density at radius 2 is 2.26 bits per heavy atom. The van der Waals surface area contributed by atoms with E-state index in [0.29, 0.717) is 5.82 Å². The van der Waals surface area contributed by atoms with Gasteiger partial charge >= 0.3 is 13.3 Å². The van der Waals surface area contributed by atoms with Crippen LogP contribution in [0.4, 0.5) is 5.82 Å². The summed E-state index contributed by atoms with van der Waals surface area (Å²) in [7, 11) is -4.29. The number of aliphatic hydroxyl groups is 1. The van der Waals surface area contributed by atoms with Gasteiger partial charge in [0.05, 0.1) is 12.8 Å². The summed E-state index contributed by atoms with van der Waals surface area (Å²) < 4.78 is 11.4. The summed E-state index contributed by atoms with van der Waals surface area (Å²) in [5.41, 5.74) is 4.56. The average Bonchev–Trinajstić information content (AvgIpc) is 2.30. The lowest BCUT2D eigenvalue weighted by Crippen LogP contribution is -2.32. The molecule has 1 aromatic rings. The van der Waals surface area contributed by atoms with Crippen LogP contribution in [-0.2, 0) is 4.57 Å². The molecule has 106 valence electrons. The molecule has 1 aromatic heterocycles. The van der Waals surface area contributed by atoms with Crippen LogP contribution in [0.1, 0.15) is 0 Å². The number of nitrogens with zero attached hydrogens (tertiary/aromatic N) is 2. The molecule has 0 aliphatic rings. The molecule has 1 unspecified atom stereocenters. The lowest BCUT2D eigenvalue weighted by atomic mass is 10.2. The summed E-state index contributed by atoms with van der Waals surface area (Å²) in [6.07, 6.45) is 2.38. The zero-order valence-corrected chi connectivity index (χ0v) is 10.7. The van der Waals surface area contributed by atoms with Crippen LogP contribution in [0, 0.1) is 5.92 Å². The maximum absolute atomic E-state index is 11.3. The van der Waals surface area contributed by atoms with Crippen LogP contribution < -0.4 is 16.3 Å².